The lowest BCUT2D eigenvalue weighted by Crippen LogP contribution is -1.97. The fraction of sp³-hybridized carbons (Fsp3) is 0.333. The van der Waals surface area contributed by atoms with Crippen LogP contribution in [-0.4, -0.2) is 0 Å². The first-order valence-electron chi connectivity index (χ1n) is 5.12. The summed E-state index contributed by atoms with van der Waals surface area (Å²) in [7, 11) is 0. The van der Waals surface area contributed by atoms with E-state index in [-0.39, 0.29) is 0 Å². The smallest absolute Gasteiger partial charge is 0.0620 e. The Balaban J connectivity index is 2.31. The van der Waals surface area contributed by atoms with Gasteiger partial charge in [0.1, 0.15) is 27.2 Å². The Hall–Kier alpha value is -0.320. The van der Waals surface area contributed by atoms with Crippen molar-refractivity contribution >= 4 is 23.2 Å². The van der Waals surface area contributed by atoms with Crippen molar-refractivity contribution in [3.05, 3.63) is 41.0 Å². The highest BCUT2D eigenvalue weighted by molar-refractivity contribution is 8.15. The van der Waals surface area contributed by atoms with Gasteiger partial charge in [-0.1, -0.05) is 32.0 Å². The summed E-state index contributed by atoms with van der Waals surface area (Å²) in [5.74, 6) is 0. The zero-order valence-electron chi connectivity index (χ0n) is 8.63. The standard InChI is InChI=1S/C12H15ClP/c1-3-11-12(4-2)14(11,13)10-8-6-5-7-9-10/h5-9H,3-4H2,1-2H3/q+1. The molecule has 0 spiro atoms. The Kier molecular flexibility index (Phi) is 2.68. The van der Waals surface area contributed by atoms with Gasteiger partial charge in [0.15, 0.2) is 0 Å². The summed E-state index contributed by atoms with van der Waals surface area (Å²) < 4.78 is 0. The van der Waals surface area contributed by atoms with Crippen molar-refractivity contribution in [3.8, 4) is 0 Å². The lowest BCUT2D eigenvalue weighted by molar-refractivity contribution is 1.16. The molecule has 0 radical (unpaired) electrons. The molecule has 0 N–H and O–H groups in total. The van der Waals surface area contributed by atoms with Crippen LogP contribution in [0.1, 0.15) is 26.7 Å². The molecule has 1 aromatic rings. The fourth-order valence-electron chi connectivity index (χ4n) is 2.11. The topological polar surface area (TPSA) is 0 Å². The second-order valence-electron chi connectivity index (χ2n) is 3.53. The third-order valence-electron chi connectivity index (χ3n) is 2.81. The first-order valence-corrected chi connectivity index (χ1v) is 7.82. The van der Waals surface area contributed by atoms with Crippen LogP contribution in [0.25, 0.3) is 0 Å². The summed E-state index contributed by atoms with van der Waals surface area (Å²) in [5, 5.41) is 4.41. The van der Waals surface area contributed by atoms with E-state index in [4.69, 9.17) is 11.2 Å². The number of hydrogen-bond donors (Lipinski definition) is 0. The zero-order valence-corrected chi connectivity index (χ0v) is 10.3. The van der Waals surface area contributed by atoms with Crippen molar-refractivity contribution in [1.82, 2.24) is 0 Å². The predicted octanol–water partition coefficient (Wildman–Crippen LogP) is 4.53. The normalized spacial score (nSPS) is 18.5. The Bertz CT molecular complexity index is 353. The summed E-state index contributed by atoms with van der Waals surface area (Å²) in [6, 6.07) is 10.5. The third-order valence-corrected chi connectivity index (χ3v) is 8.06. The van der Waals surface area contributed by atoms with E-state index in [1.165, 1.54) is 15.9 Å². The number of allylic oxidation sites excluding steroid dienone is 2. The number of hydrogen-bond acceptors (Lipinski definition) is 0. The fourth-order valence-corrected chi connectivity index (χ4v) is 7.15. The van der Waals surface area contributed by atoms with Gasteiger partial charge in [-0.15, -0.1) is 0 Å². The van der Waals surface area contributed by atoms with Crippen molar-refractivity contribution in [1.29, 1.82) is 0 Å². The molecule has 1 aliphatic rings. The number of halogens is 1. The van der Waals surface area contributed by atoms with Crippen LogP contribution in [0.15, 0.2) is 41.0 Å². The van der Waals surface area contributed by atoms with Gasteiger partial charge in [-0.3, -0.25) is 0 Å². The minimum absolute atomic E-state index is 1.12. The maximum Gasteiger partial charge on any atom is 0.209 e. The monoisotopic (exact) mass is 225 g/mol. The second kappa shape index (κ2) is 3.68. The van der Waals surface area contributed by atoms with E-state index in [9.17, 15) is 0 Å². The first-order chi connectivity index (χ1) is 6.75. The van der Waals surface area contributed by atoms with Crippen molar-refractivity contribution in [2.75, 3.05) is 0 Å². The van der Waals surface area contributed by atoms with Crippen molar-refractivity contribution in [2.24, 2.45) is 0 Å². The minimum atomic E-state index is -1.43. The van der Waals surface area contributed by atoms with Crippen molar-refractivity contribution in [2.45, 2.75) is 26.7 Å². The van der Waals surface area contributed by atoms with E-state index in [0.29, 0.717) is 0 Å². The van der Waals surface area contributed by atoms with E-state index >= 15 is 0 Å². The summed E-state index contributed by atoms with van der Waals surface area (Å²) in [5.41, 5.74) is 0. The van der Waals surface area contributed by atoms with E-state index in [0.717, 1.165) is 12.8 Å². The van der Waals surface area contributed by atoms with E-state index < -0.39 is 6.62 Å². The minimum Gasteiger partial charge on any atom is -0.0620 e. The van der Waals surface area contributed by atoms with Crippen LogP contribution in [0.2, 0.25) is 0 Å². The maximum atomic E-state index is 6.74. The molecule has 0 amide bonds. The van der Waals surface area contributed by atoms with Crippen molar-refractivity contribution < 1.29 is 0 Å². The molecule has 14 heavy (non-hydrogen) atoms. The Labute approximate surface area is 91.1 Å². The van der Waals surface area contributed by atoms with Crippen LogP contribution >= 0.6 is 17.9 Å². The van der Waals surface area contributed by atoms with E-state index in [2.05, 4.69) is 38.1 Å². The Morgan fingerprint density at radius 3 is 1.93 bits per heavy atom. The average molecular weight is 226 g/mol. The van der Waals surface area contributed by atoms with Gasteiger partial charge in [0.25, 0.3) is 0 Å². The van der Waals surface area contributed by atoms with Gasteiger partial charge < -0.3 is 0 Å². The molecule has 74 valence electrons. The van der Waals surface area contributed by atoms with Crippen LogP contribution in [0.4, 0.5) is 0 Å². The molecule has 0 aromatic heterocycles. The first kappa shape index (κ1) is 10.2. The molecule has 2 rings (SSSR count). The van der Waals surface area contributed by atoms with E-state index in [1.54, 1.807) is 0 Å². The molecule has 1 aliphatic heterocycles. The molecule has 0 saturated heterocycles. The highest BCUT2D eigenvalue weighted by Gasteiger charge is 2.63. The number of rotatable bonds is 3. The summed E-state index contributed by atoms with van der Waals surface area (Å²) in [4.78, 5) is 0. The molecule has 0 saturated carbocycles. The molecule has 0 nitrogen and oxygen atoms in total. The predicted molar refractivity (Wildman–Crippen MR) is 66.5 cm³/mol. The lowest BCUT2D eigenvalue weighted by atomic mass is 10.4. The van der Waals surface area contributed by atoms with Gasteiger partial charge in [-0.05, 0) is 12.1 Å². The van der Waals surface area contributed by atoms with Crippen LogP contribution < -0.4 is 5.30 Å². The van der Waals surface area contributed by atoms with Gasteiger partial charge in [-0.2, -0.15) is 0 Å². The molecular weight excluding hydrogens is 211 g/mol. The average Bonchev–Trinajstić information content (AvgIpc) is 2.85. The van der Waals surface area contributed by atoms with Crippen LogP contribution in [-0.2, 0) is 0 Å². The molecule has 0 aliphatic carbocycles. The second-order valence-corrected chi connectivity index (χ2v) is 7.82. The summed E-state index contributed by atoms with van der Waals surface area (Å²) in [6.07, 6.45) is 2.24. The molecule has 0 bridgehead atoms. The van der Waals surface area contributed by atoms with Crippen LogP contribution in [0.3, 0.4) is 0 Å². The largest absolute Gasteiger partial charge is 0.209 e. The molecule has 2 heteroatoms. The molecule has 0 fully saturated rings. The summed E-state index contributed by atoms with van der Waals surface area (Å²) in [6.45, 7) is 2.98. The molecule has 1 aromatic carbocycles. The zero-order chi connectivity index (χ0) is 10.2. The van der Waals surface area contributed by atoms with Crippen LogP contribution in [0.5, 0.6) is 0 Å². The van der Waals surface area contributed by atoms with Gasteiger partial charge in [0, 0.05) is 12.8 Å². The molecule has 0 unspecified atom stereocenters. The highest BCUT2D eigenvalue weighted by Crippen LogP contribution is 2.90. The Morgan fingerprint density at radius 1 is 1.00 bits per heavy atom. The SMILES string of the molecule is CCC1=C(CC)[P+]1(Cl)c1ccccc1. The van der Waals surface area contributed by atoms with Crippen molar-refractivity contribution in [3.63, 3.8) is 0 Å². The lowest BCUT2D eigenvalue weighted by Gasteiger charge is -2.00. The Morgan fingerprint density at radius 2 is 1.50 bits per heavy atom. The number of benzene rings is 1. The highest BCUT2D eigenvalue weighted by atomic mass is 35.7. The third kappa shape index (κ3) is 1.33. The molecule has 0 atom stereocenters. The van der Waals surface area contributed by atoms with Gasteiger partial charge >= 0.3 is 0 Å². The van der Waals surface area contributed by atoms with Gasteiger partial charge in [-0.25, -0.2) is 0 Å². The summed E-state index contributed by atoms with van der Waals surface area (Å²) >= 11 is 6.74. The molecule has 1 heterocycles. The van der Waals surface area contributed by atoms with Gasteiger partial charge in [0.05, 0.1) is 0 Å². The molecular formula is C12H15ClP+. The van der Waals surface area contributed by atoms with Gasteiger partial charge in [0.2, 0.25) is 6.62 Å². The van der Waals surface area contributed by atoms with E-state index in [1.807, 2.05) is 6.07 Å². The maximum absolute atomic E-state index is 6.74. The van der Waals surface area contributed by atoms with Crippen LogP contribution in [0, 0.1) is 0 Å². The quantitative estimate of drug-likeness (QED) is 0.663.